The molecule has 0 aliphatic heterocycles. The van der Waals surface area contributed by atoms with E-state index in [0.717, 1.165) is 40.8 Å². The molecule has 4 heteroatoms. The average Bonchev–Trinajstić information content (AvgIpc) is 2.86. The number of hydrogen-bond donors (Lipinski definition) is 1. The van der Waals surface area contributed by atoms with Crippen molar-refractivity contribution >= 4 is 10.9 Å². The van der Waals surface area contributed by atoms with Gasteiger partial charge < -0.3 is 4.74 Å². The Balaban J connectivity index is 1.36. The second-order valence-corrected chi connectivity index (χ2v) is 8.95. The Bertz CT molecular complexity index is 926. The zero-order valence-electron chi connectivity index (χ0n) is 20.2. The van der Waals surface area contributed by atoms with E-state index in [9.17, 15) is 0 Å². The quantitative estimate of drug-likeness (QED) is 0.178. The minimum Gasteiger partial charge on any atom is -0.487 e. The summed E-state index contributed by atoms with van der Waals surface area (Å²) in [5.41, 5.74) is 3.01. The Morgan fingerprint density at radius 1 is 0.758 bits per heavy atom. The summed E-state index contributed by atoms with van der Waals surface area (Å²) in [6.07, 6.45) is 14.2. The van der Waals surface area contributed by atoms with Gasteiger partial charge in [0, 0.05) is 5.39 Å². The summed E-state index contributed by atoms with van der Waals surface area (Å²) in [7, 11) is 0. The maximum Gasteiger partial charge on any atom is 0.130 e. The van der Waals surface area contributed by atoms with Crippen molar-refractivity contribution < 1.29 is 9.57 Å². The minimum absolute atomic E-state index is 0.0600. The predicted molar refractivity (Wildman–Crippen MR) is 137 cm³/mol. The maximum atomic E-state index is 5.94. The van der Waals surface area contributed by atoms with Crippen molar-refractivity contribution in [3.63, 3.8) is 0 Å². The van der Waals surface area contributed by atoms with Crippen LogP contribution in [0.5, 0.6) is 5.75 Å². The van der Waals surface area contributed by atoms with Crippen LogP contribution in [-0.4, -0.2) is 4.98 Å². The van der Waals surface area contributed by atoms with Gasteiger partial charge in [-0.1, -0.05) is 108 Å². The molecule has 0 fully saturated rings. The topological polar surface area (TPSA) is 57.4 Å². The number of fused-ring (bicyclic) bond motifs is 1. The minimum atomic E-state index is -0.0600. The molecule has 2 aromatic carbocycles. The molecule has 3 aromatic rings. The van der Waals surface area contributed by atoms with E-state index < -0.39 is 0 Å². The standard InChI is InChI=1S/C29H40N2O2/c1-2-3-4-5-6-7-8-9-10-11-16-29(33-30)25-18-21-27(22-19-25)32-23-26-20-17-24-14-12-13-15-28(24)31-26/h12-15,17-22,29H,2-11,16,23,30H2,1H3. The first-order chi connectivity index (χ1) is 16.3. The SMILES string of the molecule is CCCCCCCCCCCCC(ON)c1ccc(OCc2ccc3ccccc3n2)cc1. The third-order valence-electron chi connectivity index (χ3n) is 6.28. The van der Waals surface area contributed by atoms with E-state index in [-0.39, 0.29) is 6.10 Å². The molecular weight excluding hydrogens is 408 g/mol. The fourth-order valence-corrected chi connectivity index (χ4v) is 4.26. The van der Waals surface area contributed by atoms with Crippen LogP contribution in [0.15, 0.2) is 60.7 Å². The zero-order chi connectivity index (χ0) is 23.1. The van der Waals surface area contributed by atoms with Crippen molar-refractivity contribution in [1.82, 2.24) is 4.98 Å². The number of ether oxygens (including phenoxy) is 1. The molecule has 0 spiro atoms. The summed E-state index contributed by atoms with van der Waals surface area (Å²) in [6.45, 7) is 2.71. The van der Waals surface area contributed by atoms with Gasteiger partial charge in [-0.3, -0.25) is 4.84 Å². The molecule has 0 saturated carbocycles. The molecule has 0 bridgehead atoms. The molecule has 0 amide bonds. The lowest BCUT2D eigenvalue weighted by molar-refractivity contribution is 0.0445. The first kappa shape index (κ1) is 25.2. The summed E-state index contributed by atoms with van der Waals surface area (Å²) in [5, 5.41) is 1.14. The first-order valence-corrected chi connectivity index (χ1v) is 12.7. The molecule has 3 rings (SSSR count). The van der Waals surface area contributed by atoms with Gasteiger partial charge in [0.05, 0.1) is 11.2 Å². The van der Waals surface area contributed by atoms with E-state index in [1.165, 1.54) is 57.8 Å². The van der Waals surface area contributed by atoms with Crippen LogP contribution in [0.4, 0.5) is 0 Å². The van der Waals surface area contributed by atoms with E-state index in [0.29, 0.717) is 6.61 Å². The number of nitrogens with two attached hydrogens (primary N) is 1. The molecule has 1 aromatic heterocycles. The van der Waals surface area contributed by atoms with Gasteiger partial charge in [0.1, 0.15) is 18.5 Å². The highest BCUT2D eigenvalue weighted by Gasteiger charge is 2.11. The predicted octanol–water partition coefficient (Wildman–Crippen LogP) is 8.06. The highest BCUT2D eigenvalue weighted by atomic mass is 16.6. The molecule has 2 N–H and O–H groups in total. The molecule has 0 aliphatic carbocycles. The van der Waals surface area contributed by atoms with Crippen LogP contribution in [0.3, 0.4) is 0 Å². The van der Waals surface area contributed by atoms with Crippen molar-refractivity contribution in [1.29, 1.82) is 0 Å². The number of benzene rings is 2. The van der Waals surface area contributed by atoms with Gasteiger partial charge in [-0.25, -0.2) is 10.9 Å². The molecule has 0 aliphatic rings. The molecule has 1 heterocycles. The highest BCUT2D eigenvalue weighted by Crippen LogP contribution is 2.25. The lowest BCUT2D eigenvalue weighted by Gasteiger charge is -2.15. The van der Waals surface area contributed by atoms with Gasteiger partial charge in [-0.2, -0.15) is 0 Å². The average molecular weight is 449 g/mol. The molecule has 33 heavy (non-hydrogen) atoms. The zero-order valence-corrected chi connectivity index (χ0v) is 20.2. The third-order valence-corrected chi connectivity index (χ3v) is 6.28. The Morgan fingerprint density at radius 2 is 1.42 bits per heavy atom. The Labute approximate surface area is 199 Å². The lowest BCUT2D eigenvalue weighted by Crippen LogP contribution is -2.09. The highest BCUT2D eigenvalue weighted by molar-refractivity contribution is 5.78. The van der Waals surface area contributed by atoms with Gasteiger partial charge in [0.25, 0.3) is 0 Å². The molecular formula is C29H40N2O2. The number of pyridine rings is 1. The summed E-state index contributed by atoms with van der Waals surface area (Å²) in [4.78, 5) is 9.94. The second-order valence-electron chi connectivity index (χ2n) is 8.95. The van der Waals surface area contributed by atoms with E-state index >= 15 is 0 Å². The number of nitrogens with zero attached hydrogens (tertiary/aromatic N) is 1. The number of para-hydroxylation sites is 1. The van der Waals surface area contributed by atoms with E-state index in [2.05, 4.69) is 36.2 Å². The molecule has 178 valence electrons. The maximum absolute atomic E-state index is 5.94. The lowest BCUT2D eigenvalue weighted by atomic mass is 10.0. The molecule has 0 saturated heterocycles. The summed E-state index contributed by atoms with van der Waals surface area (Å²) >= 11 is 0. The fourth-order valence-electron chi connectivity index (χ4n) is 4.26. The summed E-state index contributed by atoms with van der Waals surface area (Å²) in [6, 6.07) is 20.3. The van der Waals surface area contributed by atoms with Crippen LogP contribution in [0.2, 0.25) is 0 Å². The van der Waals surface area contributed by atoms with Crippen LogP contribution in [0.1, 0.15) is 94.9 Å². The smallest absolute Gasteiger partial charge is 0.130 e. The molecule has 1 atom stereocenters. The Hall–Kier alpha value is -2.43. The van der Waals surface area contributed by atoms with E-state index in [1.807, 2.05) is 36.4 Å². The number of rotatable bonds is 16. The summed E-state index contributed by atoms with van der Waals surface area (Å²) < 4.78 is 5.94. The van der Waals surface area contributed by atoms with Crippen molar-refractivity contribution in [2.75, 3.05) is 0 Å². The summed E-state index contributed by atoms with van der Waals surface area (Å²) in [5.74, 6) is 6.43. The van der Waals surface area contributed by atoms with Crippen LogP contribution in [0, 0.1) is 0 Å². The molecule has 0 radical (unpaired) electrons. The van der Waals surface area contributed by atoms with Crippen molar-refractivity contribution in [3.05, 3.63) is 71.9 Å². The van der Waals surface area contributed by atoms with Gasteiger partial charge >= 0.3 is 0 Å². The monoisotopic (exact) mass is 448 g/mol. The first-order valence-electron chi connectivity index (χ1n) is 12.7. The van der Waals surface area contributed by atoms with Crippen LogP contribution in [0.25, 0.3) is 10.9 Å². The van der Waals surface area contributed by atoms with Crippen LogP contribution >= 0.6 is 0 Å². The van der Waals surface area contributed by atoms with Crippen molar-refractivity contribution in [3.8, 4) is 5.75 Å². The van der Waals surface area contributed by atoms with Gasteiger partial charge in [-0.15, -0.1) is 0 Å². The normalized spacial score (nSPS) is 12.2. The van der Waals surface area contributed by atoms with E-state index in [1.54, 1.807) is 0 Å². The number of unbranched alkanes of at least 4 members (excludes halogenated alkanes) is 9. The van der Waals surface area contributed by atoms with Crippen LogP contribution < -0.4 is 10.6 Å². The second kappa shape index (κ2) is 14.7. The number of hydrogen-bond acceptors (Lipinski definition) is 4. The largest absolute Gasteiger partial charge is 0.487 e. The Morgan fingerprint density at radius 3 is 2.12 bits per heavy atom. The Kier molecular flexibility index (Phi) is 11.2. The van der Waals surface area contributed by atoms with Crippen LogP contribution in [-0.2, 0) is 11.4 Å². The molecule has 1 unspecified atom stereocenters. The van der Waals surface area contributed by atoms with Crippen molar-refractivity contribution in [2.45, 2.75) is 90.3 Å². The third kappa shape index (κ3) is 8.79. The van der Waals surface area contributed by atoms with E-state index in [4.69, 9.17) is 15.5 Å². The van der Waals surface area contributed by atoms with Crippen molar-refractivity contribution in [2.24, 2.45) is 5.90 Å². The fraction of sp³-hybridized carbons (Fsp3) is 0.483. The molecule has 4 nitrogen and oxygen atoms in total. The van der Waals surface area contributed by atoms with Gasteiger partial charge in [-0.05, 0) is 36.2 Å². The van der Waals surface area contributed by atoms with Gasteiger partial charge in [0.15, 0.2) is 0 Å². The van der Waals surface area contributed by atoms with Gasteiger partial charge in [0.2, 0.25) is 0 Å². The number of aromatic nitrogens is 1.